The minimum absolute atomic E-state index is 0.0620. The molecule has 2 unspecified atom stereocenters. The SMILES string of the molecule is Cc1c(CN2CCN(C(=O)C3CCCO3)C(C)C2)cc(Cl)cc1NC(=O)c1ccc(F)c(C#N)c1. The number of anilines is 1. The maximum Gasteiger partial charge on any atom is 0.255 e. The predicted octanol–water partition coefficient (Wildman–Crippen LogP) is 4.12. The van der Waals surface area contributed by atoms with Crippen molar-refractivity contribution in [2.75, 3.05) is 31.6 Å². The lowest BCUT2D eigenvalue weighted by atomic mass is 10.0. The van der Waals surface area contributed by atoms with Gasteiger partial charge in [0.15, 0.2) is 0 Å². The van der Waals surface area contributed by atoms with E-state index in [2.05, 4.69) is 10.2 Å². The number of piperazine rings is 1. The van der Waals surface area contributed by atoms with Crippen LogP contribution in [0, 0.1) is 24.1 Å². The summed E-state index contributed by atoms with van der Waals surface area (Å²) in [5, 5.41) is 12.4. The summed E-state index contributed by atoms with van der Waals surface area (Å²) in [6.45, 7) is 7.31. The fraction of sp³-hybridized carbons (Fsp3) is 0.423. The maximum absolute atomic E-state index is 13.6. The van der Waals surface area contributed by atoms with E-state index >= 15 is 0 Å². The molecule has 2 aromatic carbocycles. The maximum atomic E-state index is 13.6. The Morgan fingerprint density at radius 2 is 2.09 bits per heavy atom. The van der Waals surface area contributed by atoms with Crippen molar-refractivity contribution in [2.24, 2.45) is 0 Å². The number of amides is 2. The van der Waals surface area contributed by atoms with Gasteiger partial charge in [0.05, 0.1) is 5.56 Å². The number of benzene rings is 2. The van der Waals surface area contributed by atoms with Crippen molar-refractivity contribution in [3.8, 4) is 6.07 Å². The Bertz CT molecular complexity index is 1180. The smallest absolute Gasteiger partial charge is 0.255 e. The van der Waals surface area contributed by atoms with Gasteiger partial charge >= 0.3 is 0 Å². The number of rotatable bonds is 5. The van der Waals surface area contributed by atoms with Crippen LogP contribution >= 0.6 is 11.6 Å². The second kappa shape index (κ2) is 10.7. The third-order valence-corrected chi connectivity index (χ3v) is 6.89. The molecule has 2 saturated heterocycles. The highest BCUT2D eigenvalue weighted by Crippen LogP contribution is 2.28. The van der Waals surface area contributed by atoms with E-state index in [9.17, 15) is 14.0 Å². The van der Waals surface area contributed by atoms with E-state index in [1.807, 2.05) is 24.8 Å². The van der Waals surface area contributed by atoms with Crippen LogP contribution in [0.3, 0.4) is 0 Å². The van der Waals surface area contributed by atoms with E-state index in [0.29, 0.717) is 30.4 Å². The molecule has 2 amide bonds. The molecule has 7 nitrogen and oxygen atoms in total. The van der Waals surface area contributed by atoms with Gasteiger partial charge in [0.1, 0.15) is 18.0 Å². The van der Waals surface area contributed by atoms with E-state index in [4.69, 9.17) is 21.6 Å². The first-order valence-electron chi connectivity index (χ1n) is 11.7. The quantitative estimate of drug-likeness (QED) is 0.670. The summed E-state index contributed by atoms with van der Waals surface area (Å²) >= 11 is 6.37. The molecule has 2 heterocycles. The van der Waals surface area contributed by atoms with Crippen molar-refractivity contribution < 1.29 is 18.7 Å². The molecule has 2 fully saturated rings. The van der Waals surface area contributed by atoms with E-state index in [0.717, 1.165) is 43.1 Å². The highest BCUT2D eigenvalue weighted by atomic mass is 35.5. The molecule has 0 saturated carbocycles. The molecule has 0 radical (unpaired) electrons. The first kappa shape index (κ1) is 25.1. The third-order valence-electron chi connectivity index (χ3n) is 6.67. The Balaban J connectivity index is 1.44. The molecule has 1 N–H and O–H groups in total. The number of carbonyl (C=O) groups is 2. The number of ether oxygens (including phenoxy) is 1. The van der Waals surface area contributed by atoms with Crippen LogP contribution in [0.5, 0.6) is 0 Å². The number of halogens is 2. The topological polar surface area (TPSA) is 85.7 Å². The molecule has 0 bridgehead atoms. The molecule has 0 aliphatic carbocycles. The van der Waals surface area contributed by atoms with Gasteiger partial charge in [-0.05, 0) is 68.1 Å². The lowest BCUT2D eigenvalue weighted by molar-refractivity contribution is -0.145. The van der Waals surface area contributed by atoms with Gasteiger partial charge in [0.25, 0.3) is 11.8 Å². The van der Waals surface area contributed by atoms with Gasteiger partial charge in [-0.25, -0.2) is 4.39 Å². The Labute approximate surface area is 209 Å². The zero-order valence-electron chi connectivity index (χ0n) is 19.8. The second-order valence-electron chi connectivity index (χ2n) is 9.12. The van der Waals surface area contributed by atoms with Gasteiger partial charge in [0.2, 0.25) is 0 Å². The van der Waals surface area contributed by atoms with Crippen LogP contribution < -0.4 is 5.32 Å². The van der Waals surface area contributed by atoms with Crippen LogP contribution in [0.4, 0.5) is 10.1 Å². The molecule has 0 aromatic heterocycles. The van der Waals surface area contributed by atoms with Crippen LogP contribution in [0.2, 0.25) is 5.02 Å². The van der Waals surface area contributed by atoms with Crippen LogP contribution in [0.15, 0.2) is 30.3 Å². The van der Waals surface area contributed by atoms with E-state index < -0.39 is 11.7 Å². The van der Waals surface area contributed by atoms with Crippen LogP contribution in [0.1, 0.15) is 46.8 Å². The Hall–Kier alpha value is -2.99. The van der Waals surface area contributed by atoms with Crippen LogP contribution in [-0.2, 0) is 16.1 Å². The zero-order chi connectivity index (χ0) is 25.1. The first-order valence-corrected chi connectivity index (χ1v) is 12.1. The van der Waals surface area contributed by atoms with Gasteiger partial charge in [-0.2, -0.15) is 5.26 Å². The summed E-state index contributed by atoms with van der Waals surface area (Å²) in [7, 11) is 0. The van der Waals surface area contributed by atoms with E-state index in [-0.39, 0.29) is 29.2 Å². The van der Waals surface area contributed by atoms with Crippen molar-refractivity contribution in [3.63, 3.8) is 0 Å². The fourth-order valence-electron chi connectivity index (χ4n) is 4.68. The van der Waals surface area contributed by atoms with Crippen molar-refractivity contribution >= 4 is 29.1 Å². The van der Waals surface area contributed by atoms with Crippen LogP contribution in [0.25, 0.3) is 0 Å². The lowest BCUT2D eigenvalue weighted by Gasteiger charge is -2.41. The molecule has 2 aliphatic rings. The number of nitrogens with one attached hydrogen (secondary N) is 1. The first-order chi connectivity index (χ1) is 16.8. The Kier molecular flexibility index (Phi) is 7.70. The molecular weight excluding hydrogens is 471 g/mol. The summed E-state index contributed by atoms with van der Waals surface area (Å²) in [5.41, 5.74) is 2.39. The Morgan fingerprint density at radius 1 is 1.29 bits per heavy atom. The van der Waals surface area contributed by atoms with E-state index in [1.165, 1.54) is 12.1 Å². The van der Waals surface area contributed by atoms with Crippen molar-refractivity contribution in [3.05, 3.63) is 63.4 Å². The molecule has 2 aliphatic heterocycles. The minimum atomic E-state index is -0.669. The second-order valence-corrected chi connectivity index (χ2v) is 9.55. The molecule has 4 rings (SSSR count). The number of nitrogens with zero attached hydrogens (tertiary/aromatic N) is 3. The summed E-state index contributed by atoms with van der Waals surface area (Å²) in [6, 6.07) is 9.03. The van der Waals surface area contributed by atoms with Gasteiger partial charge in [-0.3, -0.25) is 14.5 Å². The summed E-state index contributed by atoms with van der Waals surface area (Å²) < 4.78 is 19.2. The molecule has 184 valence electrons. The standard InChI is InChI=1S/C26H28ClFN4O3/c1-16-14-31(7-8-32(16)26(34)24-4-3-9-35-24)15-20-11-21(27)12-23(17(20)2)30-25(33)18-5-6-22(28)19(10-18)13-29/h5-6,10-12,16,24H,3-4,7-9,14-15H2,1-2H3,(H,30,33). The highest BCUT2D eigenvalue weighted by Gasteiger charge is 2.34. The number of nitriles is 1. The average molecular weight is 499 g/mol. The molecule has 2 aromatic rings. The number of hydrogen-bond donors (Lipinski definition) is 1. The summed E-state index contributed by atoms with van der Waals surface area (Å²) in [4.78, 5) is 29.7. The molecule has 35 heavy (non-hydrogen) atoms. The van der Waals surface area contributed by atoms with E-state index in [1.54, 1.807) is 12.1 Å². The van der Waals surface area contributed by atoms with Crippen LogP contribution in [-0.4, -0.2) is 60.0 Å². The average Bonchev–Trinajstić information content (AvgIpc) is 3.37. The zero-order valence-corrected chi connectivity index (χ0v) is 20.6. The third kappa shape index (κ3) is 5.64. The molecular formula is C26H28ClFN4O3. The highest BCUT2D eigenvalue weighted by molar-refractivity contribution is 6.31. The van der Waals surface area contributed by atoms with Gasteiger partial charge in [0, 0.05) is 55.1 Å². The van der Waals surface area contributed by atoms with Gasteiger partial charge < -0.3 is 15.0 Å². The summed E-state index contributed by atoms with van der Waals surface area (Å²) in [5.74, 6) is -1.04. The van der Waals surface area contributed by atoms with Crippen molar-refractivity contribution in [2.45, 2.75) is 45.4 Å². The normalized spacial score (nSPS) is 20.5. The number of hydrogen-bond acceptors (Lipinski definition) is 5. The molecule has 0 spiro atoms. The minimum Gasteiger partial charge on any atom is -0.368 e. The predicted molar refractivity (Wildman–Crippen MR) is 131 cm³/mol. The molecule has 2 atom stereocenters. The summed E-state index contributed by atoms with van der Waals surface area (Å²) in [6.07, 6.45) is 1.41. The van der Waals surface area contributed by atoms with Gasteiger partial charge in [-0.1, -0.05) is 11.6 Å². The Morgan fingerprint density at radius 3 is 2.77 bits per heavy atom. The largest absolute Gasteiger partial charge is 0.368 e. The fourth-order valence-corrected chi connectivity index (χ4v) is 4.92. The monoisotopic (exact) mass is 498 g/mol. The lowest BCUT2D eigenvalue weighted by Crippen LogP contribution is -2.55. The molecule has 9 heteroatoms. The van der Waals surface area contributed by atoms with Gasteiger partial charge in [-0.15, -0.1) is 0 Å². The van der Waals surface area contributed by atoms with Crippen molar-refractivity contribution in [1.29, 1.82) is 5.26 Å². The number of carbonyl (C=O) groups excluding carboxylic acids is 2. The van der Waals surface area contributed by atoms with Crippen molar-refractivity contribution in [1.82, 2.24) is 9.80 Å².